The molecule has 0 saturated heterocycles. The second-order valence-corrected chi connectivity index (χ2v) is 7.14. The van der Waals surface area contributed by atoms with Crippen LogP contribution in [0, 0.1) is 0 Å². The Kier molecular flexibility index (Phi) is 7.02. The number of nitrogens with zero attached hydrogens (tertiary/aromatic N) is 1. The zero-order valence-electron chi connectivity index (χ0n) is 16.3. The number of ether oxygens (including phenoxy) is 3. The molecule has 160 valence electrons. The number of benzene rings is 2. The number of hydrogen-bond donors (Lipinski definition) is 2. The number of aromatic hydroxyl groups is 1. The van der Waals surface area contributed by atoms with Crippen molar-refractivity contribution in [2.45, 2.75) is 25.9 Å². The van der Waals surface area contributed by atoms with Crippen molar-refractivity contribution in [2.75, 3.05) is 19.9 Å². The van der Waals surface area contributed by atoms with E-state index in [2.05, 4.69) is 0 Å². The number of carboxylic acids is 1. The van der Waals surface area contributed by atoms with Crippen LogP contribution >= 0.6 is 11.6 Å². The van der Waals surface area contributed by atoms with Crippen LogP contribution in [0.3, 0.4) is 0 Å². The van der Waals surface area contributed by atoms with E-state index in [0.29, 0.717) is 27.6 Å². The number of aliphatic carboxylic acids is 1. The average Bonchev–Trinajstić information content (AvgIpc) is 3.14. The smallest absolute Gasteiger partial charge is 0.321 e. The van der Waals surface area contributed by atoms with Gasteiger partial charge in [-0.2, -0.15) is 0 Å². The van der Waals surface area contributed by atoms with Crippen molar-refractivity contribution in [3.05, 3.63) is 52.5 Å². The molecular weight excluding hydrogens is 414 g/mol. The predicted molar refractivity (Wildman–Crippen MR) is 108 cm³/mol. The molecule has 0 amide bonds. The van der Waals surface area contributed by atoms with Gasteiger partial charge in [0.15, 0.2) is 11.5 Å². The minimum Gasteiger partial charge on any atom is -0.508 e. The zero-order valence-corrected chi connectivity index (χ0v) is 17.1. The van der Waals surface area contributed by atoms with Crippen LogP contribution in [0.2, 0.25) is 5.02 Å². The molecule has 0 saturated carbocycles. The van der Waals surface area contributed by atoms with E-state index in [9.17, 15) is 19.8 Å². The molecule has 0 aromatic heterocycles. The van der Waals surface area contributed by atoms with Gasteiger partial charge < -0.3 is 24.4 Å². The highest BCUT2D eigenvalue weighted by Crippen LogP contribution is 2.37. The van der Waals surface area contributed by atoms with Crippen molar-refractivity contribution in [1.29, 1.82) is 0 Å². The monoisotopic (exact) mass is 435 g/mol. The van der Waals surface area contributed by atoms with Crippen molar-refractivity contribution in [1.82, 2.24) is 4.90 Å². The Morgan fingerprint density at radius 2 is 1.87 bits per heavy atom. The molecule has 0 bridgehead atoms. The molecule has 3 rings (SSSR count). The van der Waals surface area contributed by atoms with E-state index < -0.39 is 18.0 Å². The van der Waals surface area contributed by atoms with E-state index in [4.69, 9.17) is 25.8 Å². The number of fused-ring (bicyclic) bond motifs is 1. The van der Waals surface area contributed by atoms with Gasteiger partial charge in [-0.15, -0.1) is 0 Å². The Labute approximate surface area is 178 Å². The van der Waals surface area contributed by atoms with E-state index in [-0.39, 0.29) is 38.7 Å². The lowest BCUT2D eigenvalue weighted by atomic mass is 10.0. The van der Waals surface area contributed by atoms with E-state index in [0.717, 1.165) is 0 Å². The number of hydrogen-bond acceptors (Lipinski definition) is 7. The maximum absolute atomic E-state index is 12.2. The number of carbonyl (C=O) groups is 2. The summed E-state index contributed by atoms with van der Waals surface area (Å²) in [5.74, 6) is -0.521. The van der Waals surface area contributed by atoms with Crippen molar-refractivity contribution in [3.8, 4) is 17.2 Å². The Bertz CT molecular complexity index is 916. The fraction of sp³-hybridized carbons (Fsp3) is 0.333. The second kappa shape index (κ2) is 9.69. The highest BCUT2D eigenvalue weighted by atomic mass is 35.5. The fourth-order valence-electron chi connectivity index (χ4n) is 3.18. The van der Waals surface area contributed by atoms with Crippen LogP contribution < -0.4 is 9.47 Å². The third-order valence-corrected chi connectivity index (χ3v) is 5.00. The van der Waals surface area contributed by atoms with E-state index in [1.807, 2.05) is 0 Å². The van der Waals surface area contributed by atoms with Gasteiger partial charge in [0, 0.05) is 17.6 Å². The third-order valence-electron chi connectivity index (χ3n) is 4.64. The number of rotatable bonds is 9. The lowest BCUT2D eigenvalue weighted by molar-refractivity contribution is -0.149. The molecule has 1 atom stereocenters. The number of carboxylic acid groups (broad SMARTS) is 1. The van der Waals surface area contributed by atoms with Crippen LogP contribution in [0.25, 0.3) is 0 Å². The minimum atomic E-state index is -1.09. The van der Waals surface area contributed by atoms with Crippen molar-refractivity contribution < 1.29 is 34.0 Å². The molecule has 30 heavy (non-hydrogen) atoms. The Balaban J connectivity index is 1.88. The van der Waals surface area contributed by atoms with Gasteiger partial charge in [0.25, 0.3) is 0 Å². The summed E-state index contributed by atoms with van der Waals surface area (Å²) in [5, 5.41) is 19.7. The number of phenolic OH excluding ortho intramolecular Hbond substituents is 1. The van der Waals surface area contributed by atoms with Crippen LogP contribution in [-0.4, -0.2) is 53.0 Å². The Morgan fingerprint density at radius 1 is 1.20 bits per heavy atom. The maximum atomic E-state index is 12.2. The standard InChI is InChI=1S/C21H22ClNO7/c1-2-28-20(25)11-23(10-14-8-18-19(9-16(14)22)30-12-29-18)17(21(26)27)7-13-3-5-15(24)6-4-13/h3-6,8-9,17,24H,2,7,10-12H2,1H3,(H,26,27)/t17-/m0/s1. The first-order chi connectivity index (χ1) is 14.4. The largest absolute Gasteiger partial charge is 0.508 e. The quantitative estimate of drug-likeness (QED) is 0.579. The second-order valence-electron chi connectivity index (χ2n) is 6.73. The van der Waals surface area contributed by atoms with Gasteiger partial charge in [0.05, 0.1) is 13.2 Å². The molecule has 1 heterocycles. The first-order valence-corrected chi connectivity index (χ1v) is 9.73. The summed E-state index contributed by atoms with van der Waals surface area (Å²) in [5.41, 5.74) is 1.30. The summed E-state index contributed by atoms with van der Waals surface area (Å²) < 4.78 is 15.7. The Hall–Kier alpha value is -2.97. The van der Waals surface area contributed by atoms with Crippen LogP contribution in [0.1, 0.15) is 18.1 Å². The van der Waals surface area contributed by atoms with Crippen LogP contribution in [0.15, 0.2) is 36.4 Å². The topological polar surface area (TPSA) is 106 Å². The summed E-state index contributed by atoms with van der Waals surface area (Å²) in [4.78, 5) is 25.8. The number of carbonyl (C=O) groups excluding carboxylic acids is 1. The van der Waals surface area contributed by atoms with Gasteiger partial charge in [-0.3, -0.25) is 14.5 Å². The van der Waals surface area contributed by atoms with Crippen LogP contribution in [0.5, 0.6) is 17.2 Å². The molecule has 0 radical (unpaired) electrons. The Morgan fingerprint density at radius 3 is 2.50 bits per heavy atom. The van der Waals surface area contributed by atoms with Gasteiger partial charge in [-0.25, -0.2) is 0 Å². The van der Waals surface area contributed by atoms with Crippen LogP contribution in [0.4, 0.5) is 0 Å². The van der Waals surface area contributed by atoms with Crippen molar-refractivity contribution >= 4 is 23.5 Å². The lowest BCUT2D eigenvalue weighted by Gasteiger charge is -2.28. The van der Waals surface area contributed by atoms with Gasteiger partial charge in [0.1, 0.15) is 11.8 Å². The fourth-order valence-corrected chi connectivity index (χ4v) is 3.39. The summed E-state index contributed by atoms with van der Waals surface area (Å²) in [6.07, 6.45) is 0.122. The maximum Gasteiger partial charge on any atom is 0.321 e. The predicted octanol–water partition coefficient (Wildman–Crippen LogP) is 2.84. The summed E-state index contributed by atoms with van der Waals surface area (Å²) in [6, 6.07) is 8.51. The number of halogens is 1. The minimum absolute atomic E-state index is 0.0836. The highest BCUT2D eigenvalue weighted by Gasteiger charge is 2.29. The normalized spacial score (nSPS) is 13.3. The van der Waals surface area contributed by atoms with E-state index >= 15 is 0 Å². The van der Waals surface area contributed by atoms with Crippen molar-refractivity contribution in [3.63, 3.8) is 0 Å². The van der Waals surface area contributed by atoms with Gasteiger partial charge in [0.2, 0.25) is 6.79 Å². The van der Waals surface area contributed by atoms with Crippen LogP contribution in [-0.2, 0) is 27.3 Å². The molecule has 8 nitrogen and oxygen atoms in total. The number of esters is 1. The molecular formula is C21H22ClNO7. The average molecular weight is 436 g/mol. The summed E-state index contributed by atoms with van der Waals surface area (Å²) >= 11 is 6.36. The van der Waals surface area contributed by atoms with Gasteiger partial charge in [-0.05, 0) is 42.7 Å². The molecule has 2 aromatic rings. The molecule has 1 aliphatic heterocycles. The van der Waals surface area contributed by atoms with E-state index in [1.54, 1.807) is 31.2 Å². The number of phenols is 1. The zero-order chi connectivity index (χ0) is 21.7. The molecule has 1 aliphatic rings. The molecule has 0 unspecified atom stereocenters. The highest BCUT2D eigenvalue weighted by molar-refractivity contribution is 6.31. The summed E-state index contributed by atoms with van der Waals surface area (Å²) in [7, 11) is 0. The SMILES string of the molecule is CCOC(=O)CN(Cc1cc2c(cc1Cl)OCO2)[C@@H](Cc1ccc(O)cc1)C(=O)O. The first-order valence-electron chi connectivity index (χ1n) is 9.35. The summed E-state index contributed by atoms with van der Waals surface area (Å²) in [6.45, 7) is 1.81. The molecule has 2 aromatic carbocycles. The third kappa shape index (κ3) is 5.34. The molecule has 2 N–H and O–H groups in total. The molecule has 9 heteroatoms. The molecule has 0 spiro atoms. The molecule has 0 fully saturated rings. The molecule has 0 aliphatic carbocycles. The van der Waals surface area contributed by atoms with E-state index in [1.165, 1.54) is 17.0 Å². The lowest BCUT2D eigenvalue weighted by Crippen LogP contribution is -2.45. The van der Waals surface area contributed by atoms with Gasteiger partial charge >= 0.3 is 11.9 Å². The van der Waals surface area contributed by atoms with Gasteiger partial charge in [-0.1, -0.05) is 23.7 Å². The van der Waals surface area contributed by atoms with Crippen molar-refractivity contribution in [2.24, 2.45) is 0 Å². The first kappa shape index (κ1) is 21.7.